The lowest BCUT2D eigenvalue weighted by atomic mass is 10.1. The third kappa shape index (κ3) is 4.32. The van der Waals surface area contributed by atoms with E-state index in [1.165, 1.54) is 12.8 Å². The van der Waals surface area contributed by atoms with Crippen molar-refractivity contribution >= 4 is 18.2 Å². The van der Waals surface area contributed by atoms with E-state index >= 15 is 0 Å². The van der Waals surface area contributed by atoms with Gasteiger partial charge in [0.2, 0.25) is 0 Å². The Kier molecular flexibility index (Phi) is 6.53. The van der Waals surface area contributed by atoms with E-state index in [4.69, 9.17) is 0 Å². The second kappa shape index (κ2) is 7.66. The van der Waals surface area contributed by atoms with Gasteiger partial charge in [-0.05, 0) is 39.7 Å². The van der Waals surface area contributed by atoms with Crippen molar-refractivity contribution in [1.82, 2.24) is 4.90 Å². The van der Waals surface area contributed by atoms with E-state index in [1.807, 2.05) is 30.3 Å². The molecule has 2 unspecified atom stereocenters. The molecule has 2 nitrogen and oxygen atoms in total. The maximum Gasteiger partial charge on any atom is 0.162 e. The summed E-state index contributed by atoms with van der Waals surface area (Å²) in [5.74, 6) is 0.273. The minimum atomic E-state index is 0. The second-order valence-electron chi connectivity index (χ2n) is 5.41. The zero-order chi connectivity index (χ0) is 13.0. The highest BCUT2D eigenvalue weighted by Gasteiger charge is 2.26. The van der Waals surface area contributed by atoms with Crippen LogP contribution in [0.15, 0.2) is 30.3 Å². The first-order valence-electron chi connectivity index (χ1n) is 7.02. The molecule has 1 aliphatic heterocycles. The minimum absolute atomic E-state index is 0. The van der Waals surface area contributed by atoms with Crippen LogP contribution < -0.4 is 0 Å². The van der Waals surface area contributed by atoms with E-state index in [0.717, 1.165) is 18.5 Å². The fourth-order valence-electron chi connectivity index (χ4n) is 2.88. The monoisotopic (exact) mass is 281 g/mol. The molecule has 0 aromatic heterocycles. The molecular weight excluding hydrogens is 258 g/mol. The summed E-state index contributed by atoms with van der Waals surface area (Å²) in [5, 5.41) is 0. The number of carbonyl (C=O) groups is 1. The van der Waals surface area contributed by atoms with Crippen LogP contribution in [0.3, 0.4) is 0 Å². The van der Waals surface area contributed by atoms with Crippen molar-refractivity contribution in [1.29, 1.82) is 0 Å². The number of Topliss-reactive ketones (excluding diaryl/α,β-unsaturated/α-hetero) is 1. The smallest absolute Gasteiger partial charge is 0.162 e. The third-order valence-corrected chi connectivity index (χ3v) is 4.05. The Balaban J connectivity index is 0.00000180. The van der Waals surface area contributed by atoms with E-state index in [2.05, 4.69) is 18.7 Å². The molecule has 2 rings (SSSR count). The van der Waals surface area contributed by atoms with Gasteiger partial charge in [0.15, 0.2) is 5.78 Å². The number of benzene rings is 1. The van der Waals surface area contributed by atoms with Gasteiger partial charge in [-0.25, -0.2) is 0 Å². The maximum atomic E-state index is 12.0. The molecule has 0 aliphatic carbocycles. The summed E-state index contributed by atoms with van der Waals surface area (Å²) in [5.41, 5.74) is 0.847. The van der Waals surface area contributed by atoms with Gasteiger partial charge >= 0.3 is 0 Å². The SMILES string of the molecule is CC1CCC(C)N1CCCC(=O)c1ccccc1.Cl. The second-order valence-corrected chi connectivity index (χ2v) is 5.41. The molecule has 3 heteroatoms. The molecule has 0 radical (unpaired) electrons. The zero-order valence-corrected chi connectivity index (χ0v) is 12.7. The van der Waals surface area contributed by atoms with Crippen LogP contribution in [0.5, 0.6) is 0 Å². The molecule has 106 valence electrons. The van der Waals surface area contributed by atoms with Gasteiger partial charge in [0.05, 0.1) is 0 Å². The predicted octanol–water partition coefficient (Wildman–Crippen LogP) is 3.94. The fraction of sp³-hybridized carbons (Fsp3) is 0.562. The van der Waals surface area contributed by atoms with Gasteiger partial charge in [0.1, 0.15) is 0 Å². The van der Waals surface area contributed by atoms with Crippen molar-refractivity contribution in [3.05, 3.63) is 35.9 Å². The Morgan fingerprint density at radius 3 is 2.32 bits per heavy atom. The molecule has 2 atom stereocenters. The Morgan fingerprint density at radius 1 is 1.16 bits per heavy atom. The highest BCUT2D eigenvalue weighted by atomic mass is 35.5. The summed E-state index contributed by atoms with van der Waals surface area (Å²) < 4.78 is 0. The summed E-state index contributed by atoms with van der Waals surface area (Å²) >= 11 is 0. The number of hydrogen-bond acceptors (Lipinski definition) is 2. The first kappa shape index (κ1) is 16.2. The van der Waals surface area contributed by atoms with Gasteiger partial charge in [-0.15, -0.1) is 12.4 Å². The van der Waals surface area contributed by atoms with Gasteiger partial charge in [-0.1, -0.05) is 30.3 Å². The maximum absolute atomic E-state index is 12.0. The Hall–Kier alpha value is -0.860. The number of carbonyl (C=O) groups excluding carboxylic acids is 1. The molecule has 1 fully saturated rings. The van der Waals surface area contributed by atoms with E-state index < -0.39 is 0 Å². The number of nitrogens with zero attached hydrogens (tertiary/aromatic N) is 1. The summed E-state index contributed by atoms with van der Waals surface area (Å²) in [6, 6.07) is 11.0. The predicted molar refractivity (Wildman–Crippen MR) is 82.1 cm³/mol. The van der Waals surface area contributed by atoms with Crippen molar-refractivity contribution in [3.63, 3.8) is 0 Å². The van der Waals surface area contributed by atoms with Crippen molar-refractivity contribution < 1.29 is 4.79 Å². The highest BCUT2D eigenvalue weighted by molar-refractivity contribution is 5.95. The van der Waals surface area contributed by atoms with E-state index in [9.17, 15) is 4.79 Å². The van der Waals surface area contributed by atoms with Gasteiger partial charge in [0.25, 0.3) is 0 Å². The molecule has 0 N–H and O–H groups in total. The quantitative estimate of drug-likeness (QED) is 0.762. The van der Waals surface area contributed by atoms with Crippen LogP contribution in [0.2, 0.25) is 0 Å². The van der Waals surface area contributed by atoms with Crippen LogP contribution in [0.1, 0.15) is 49.9 Å². The summed E-state index contributed by atoms with van der Waals surface area (Å²) in [7, 11) is 0. The molecule has 0 bridgehead atoms. The number of hydrogen-bond donors (Lipinski definition) is 0. The van der Waals surface area contributed by atoms with E-state index in [1.54, 1.807) is 0 Å². The normalized spacial score (nSPS) is 23.1. The Morgan fingerprint density at radius 2 is 1.74 bits per heavy atom. The first-order chi connectivity index (χ1) is 8.68. The summed E-state index contributed by atoms with van der Waals surface area (Å²) in [6.45, 7) is 5.64. The van der Waals surface area contributed by atoms with Crippen LogP contribution >= 0.6 is 12.4 Å². The molecular formula is C16H24ClNO. The van der Waals surface area contributed by atoms with Gasteiger partial charge in [0, 0.05) is 24.1 Å². The molecule has 0 amide bonds. The van der Waals surface area contributed by atoms with Gasteiger partial charge < -0.3 is 0 Å². The molecule has 19 heavy (non-hydrogen) atoms. The van der Waals surface area contributed by atoms with E-state index in [-0.39, 0.29) is 18.2 Å². The molecule has 0 saturated carbocycles. The molecule has 1 aromatic carbocycles. The molecule has 1 aliphatic rings. The average Bonchev–Trinajstić information content (AvgIpc) is 2.71. The third-order valence-electron chi connectivity index (χ3n) is 4.05. The Bertz CT molecular complexity index is 383. The van der Waals surface area contributed by atoms with Gasteiger partial charge in [-0.3, -0.25) is 9.69 Å². The topological polar surface area (TPSA) is 20.3 Å². The van der Waals surface area contributed by atoms with Gasteiger partial charge in [-0.2, -0.15) is 0 Å². The summed E-state index contributed by atoms with van der Waals surface area (Å²) in [4.78, 5) is 14.5. The molecule has 1 saturated heterocycles. The zero-order valence-electron chi connectivity index (χ0n) is 11.8. The minimum Gasteiger partial charge on any atom is -0.298 e. The Labute approximate surface area is 122 Å². The van der Waals surface area contributed by atoms with Crippen molar-refractivity contribution in [2.45, 2.75) is 51.6 Å². The van der Waals surface area contributed by atoms with Crippen LogP contribution in [0.25, 0.3) is 0 Å². The van der Waals surface area contributed by atoms with Crippen LogP contribution in [-0.2, 0) is 0 Å². The van der Waals surface area contributed by atoms with E-state index in [0.29, 0.717) is 18.5 Å². The summed E-state index contributed by atoms with van der Waals surface area (Å²) in [6.07, 6.45) is 4.24. The van der Waals surface area contributed by atoms with Crippen molar-refractivity contribution in [3.8, 4) is 0 Å². The molecule has 1 heterocycles. The first-order valence-corrected chi connectivity index (χ1v) is 7.02. The van der Waals surface area contributed by atoms with Crippen LogP contribution in [0.4, 0.5) is 0 Å². The van der Waals surface area contributed by atoms with Crippen molar-refractivity contribution in [2.75, 3.05) is 6.54 Å². The number of likely N-dealkylation sites (tertiary alicyclic amines) is 1. The van der Waals surface area contributed by atoms with Crippen LogP contribution in [-0.4, -0.2) is 29.3 Å². The molecule has 1 aromatic rings. The lowest BCUT2D eigenvalue weighted by Gasteiger charge is -2.25. The fourth-order valence-corrected chi connectivity index (χ4v) is 2.88. The standard InChI is InChI=1S/C16H23NO.ClH/c1-13-10-11-14(2)17(13)12-6-9-16(18)15-7-4-3-5-8-15;/h3-5,7-8,13-14H,6,9-12H2,1-2H3;1H. The van der Waals surface area contributed by atoms with Crippen molar-refractivity contribution in [2.24, 2.45) is 0 Å². The number of halogens is 1. The lowest BCUT2D eigenvalue weighted by Crippen LogP contribution is -2.33. The number of ketones is 1. The number of rotatable bonds is 5. The largest absolute Gasteiger partial charge is 0.298 e. The lowest BCUT2D eigenvalue weighted by molar-refractivity contribution is 0.0970. The molecule has 0 spiro atoms. The highest BCUT2D eigenvalue weighted by Crippen LogP contribution is 2.23. The average molecular weight is 282 g/mol. The van der Waals surface area contributed by atoms with Crippen LogP contribution in [0, 0.1) is 0 Å².